The molecule has 1 fully saturated rings. The maximum atomic E-state index is 12.7. The molecular weight excluding hydrogens is 412 g/mol. The fraction of sp³-hybridized carbons (Fsp3) is 0.423. The first-order chi connectivity index (χ1) is 15.8. The molecule has 1 unspecified atom stereocenters. The van der Waals surface area contributed by atoms with Crippen LogP contribution in [0.25, 0.3) is 0 Å². The summed E-state index contributed by atoms with van der Waals surface area (Å²) in [5, 5.41) is 12.1. The largest absolute Gasteiger partial charge is 0.362 e. The highest BCUT2D eigenvalue weighted by molar-refractivity contribution is 5.94. The summed E-state index contributed by atoms with van der Waals surface area (Å²) in [4.78, 5) is 29.4. The van der Waals surface area contributed by atoms with Gasteiger partial charge in [0.25, 0.3) is 5.91 Å². The fourth-order valence-corrected chi connectivity index (χ4v) is 4.83. The van der Waals surface area contributed by atoms with Gasteiger partial charge in [-0.3, -0.25) is 9.79 Å². The summed E-state index contributed by atoms with van der Waals surface area (Å²) in [5.41, 5.74) is 2.64. The minimum Gasteiger partial charge on any atom is -0.362 e. The molecule has 1 aromatic carbocycles. The number of hydrogen-bond donors (Lipinski definition) is 1. The van der Waals surface area contributed by atoms with Crippen molar-refractivity contribution in [3.8, 4) is 6.07 Å². The highest BCUT2D eigenvalue weighted by Gasteiger charge is 2.44. The van der Waals surface area contributed by atoms with E-state index in [-0.39, 0.29) is 17.9 Å². The number of hydrogen-bond acceptors (Lipinski definition) is 6. The molecule has 2 heterocycles. The van der Waals surface area contributed by atoms with Crippen molar-refractivity contribution in [2.24, 2.45) is 10.9 Å². The Kier molecular flexibility index (Phi) is 6.28. The average molecular weight is 443 g/mol. The lowest BCUT2D eigenvalue weighted by Crippen LogP contribution is -2.42. The number of carbonyl (C=O) groups excluding carboxylic acids is 1. The van der Waals surface area contributed by atoms with E-state index in [4.69, 9.17) is 20.2 Å². The number of benzene rings is 1. The predicted octanol–water partition coefficient (Wildman–Crippen LogP) is 3.86. The van der Waals surface area contributed by atoms with Gasteiger partial charge in [0.15, 0.2) is 5.82 Å². The summed E-state index contributed by atoms with van der Waals surface area (Å²) in [7, 11) is 4.00. The molecule has 0 radical (unpaired) electrons. The quantitative estimate of drug-likeness (QED) is 0.759. The number of rotatable bonds is 5. The van der Waals surface area contributed by atoms with Crippen LogP contribution in [0, 0.1) is 31.1 Å². The van der Waals surface area contributed by atoms with Gasteiger partial charge in [-0.1, -0.05) is 0 Å². The highest BCUT2D eigenvalue weighted by Crippen LogP contribution is 2.44. The van der Waals surface area contributed by atoms with Gasteiger partial charge in [0.1, 0.15) is 11.4 Å². The molecule has 1 atom stereocenters. The van der Waals surface area contributed by atoms with E-state index in [0.717, 1.165) is 48.6 Å². The van der Waals surface area contributed by atoms with Gasteiger partial charge in [0.05, 0.1) is 11.6 Å². The molecule has 1 aliphatic heterocycles. The zero-order chi connectivity index (χ0) is 23.6. The van der Waals surface area contributed by atoms with Gasteiger partial charge in [-0.15, -0.1) is 0 Å². The summed E-state index contributed by atoms with van der Waals surface area (Å²) in [6, 6.07) is 8.94. The summed E-state index contributed by atoms with van der Waals surface area (Å²) >= 11 is 0. The smallest absolute Gasteiger partial charge is 0.251 e. The number of anilines is 1. The average Bonchev–Trinajstić information content (AvgIpc) is 3.32. The maximum absolute atomic E-state index is 12.7. The van der Waals surface area contributed by atoms with Crippen LogP contribution in [0.1, 0.15) is 58.7 Å². The third-order valence-corrected chi connectivity index (χ3v) is 6.83. The van der Waals surface area contributed by atoms with E-state index >= 15 is 0 Å². The van der Waals surface area contributed by atoms with Gasteiger partial charge in [-0.05, 0) is 81.9 Å². The number of nitrogens with zero attached hydrogens (tertiary/aromatic N) is 5. The topological polar surface area (TPSA) is 94.3 Å². The number of aliphatic imine (C=N–C) groups is 1. The van der Waals surface area contributed by atoms with Gasteiger partial charge < -0.3 is 10.2 Å². The first-order valence-electron chi connectivity index (χ1n) is 11.4. The predicted molar refractivity (Wildman–Crippen MR) is 130 cm³/mol. The van der Waals surface area contributed by atoms with Crippen LogP contribution >= 0.6 is 0 Å². The lowest BCUT2D eigenvalue weighted by molar-refractivity contribution is 0.0915. The Morgan fingerprint density at radius 2 is 1.82 bits per heavy atom. The number of nitriles is 1. The first-order valence-corrected chi connectivity index (χ1v) is 11.4. The zero-order valence-corrected chi connectivity index (χ0v) is 19.7. The van der Waals surface area contributed by atoms with Crippen molar-refractivity contribution < 1.29 is 4.79 Å². The lowest BCUT2D eigenvalue weighted by Gasteiger charge is -2.38. The number of allylic oxidation sites excluding steroid dienone is 1. The molecule has 0 bridgehead atoms. The second kappa shape index (κ2) is 9.14. The monoisotopic (exact) mass is 442 g/mol. The number of aryl methyl sites for hydroxylation is 1. The Morgan fingerprint density at radius 3 is 2.39 bits per heavy atom. The zero-order valence-electron chi connectivity index (χ0n) is 19.7. The SMILES string of the molecule is Cc1nc(C2(C3CCC(NC(=O)c4ccc(C#N)cc4)CC3)C=CC=N2)nc(N(C)C)c1C. The Bertz CT molecular complexity index is 1120. The van der Waals surface area contributed by atoms with Crippen molar-refractivity contribution in [2.45, 2.75) is 51.1 Å². The lowest BCUT2D eigenvalue weighted by atomic mass is 9.73. The number of aromatic nitrogens is 2. The van der Waals surface area contributed by atoms with Crippen molar-refractivity contribution in [2.75, 3.05) is 19.0 Å². The van der Waals surface area contributed by atoms with Crippen LogP contribution in [0.3, 0.4) is 0 Å². The number of carbonyl (C=O) groups is 1. The van der Waals surface area contributed by atoms with Gasteiger partial charge in [-0.2, -0.15) is 5.26 Å². The van der Waals surface area contributed by atoms with E-state index in [1.165, 1.54) is 0 Å². The van der Waals surface area contributed by atoms with Crippen LogP contribution in [0.5, 0.6) is 0 Å². The summed E-state index contributed by atoms with van der Waals surface area (Å²) in [6.07, 6.45) is 9.59. The van der Waals surface area contributed by atoms with Crippen molar-refractivity contribution >= 4 is 17.9 Å². The molecule has 1 aromatic heterocycles. The van der Waals surface area contributed by atoms with E-state index in [0.29, 0.717) is 11.1 Å². The number of amides is 1. The van der Waals surface area contributed by atoms with Gasteiger partial charge in [0, 0.05) is 43.2 Å². The maximum Gasteiger partial charge on any atom is 0.251 e. The minimum atomic E-state index is -0.550. The highest BCUT2D eigenvalue weighted by atomic mass is 16.1. The van der Waals surface area contributed by atoms with E-state index in [2.05, 4.69) is 24.4 Å². The molecule has 1 aliphatic carbocycles. The molecule has 0 saturated heterocycles. The van der Waals surface area contributed by atoms with Gasteiger partial charge >= 0.3 is 0 Å². The van der Waals surface area contributed by atoms with E-state index in [1.807, 2.05) is 38.2 Å². The van der Waals surface area contributed by atoms with Crippen molar-refractivity contribution in [1.29, 1.82) is 5.26 Å². The van der Waals surface area contributed by atoms with E-state index < -0.39 is 5.54 Å². The Balaban J connectivity index is 1.49. The molecule has 170 valence electrons. The molecule has 4 rings (SSSR count). The standard InChI is InChI=1S/C26H30N6O/c1-17-18(2)29-25(31-23(17)32(3)4)26(14-5-15-28-26)21-10-12-22(13-11-21)30-24(33)20-8-6-19(16-27)7-9-20/h5-9,14-15,21-22H,10-13H2,1-4H3,(H,30,33). The molecule has 2 aliphatic rings. The third kappa shape index (κ3) is 4.38. The third-order valence-electron chi connectivity index (χ3n) is 6.83. The first kappa shape index (κ1) is 22.7. The van der Waals surface area contributed by atoms with Crippen LogP contribution in [0.15, 0.2) is 41.4 Å². The number of nitrogens with one attached hydrogen (secondary N) is 1. The van der Waals surface area contributed by atoms with Crippen molar-refractivity contribution in [3.05, 3.63) is 64.6 Å². The van der Waals surface area contributed by atoms with E-state index in [1.54, 1.807) is 24.3 Å². The second-order valence-corrected chi connectivity index (χ2v) is 9.15. The Hall–Kier alpha value is -3.53. The van der Waals surface area contributed by atoms with Gasteiger partial charge in [0.2, 0.25) is 0 Å². The molecule has 7 heteroatoms. The van der Waals surface area contributed by atoms with Crippen LogP contribution < -0.4 is 10.2 Å². The molecule has 1 N–H and O–H groups in total. The Labute approximate surface area is 195 Å². The van der Waals surface area contributed by atoms with Crippen molar-refractivity contribution in [1.82, 2.24) is 15.3 Å². The van der Waals surface area contributed by atoms with Crippen molar-refractivity contribution in [3.63, 3.8) is 0 Å². The molecule has 33 heavy (non-hydrogen) atoms. The molecular formula is C26H30N6O. The summed E-state index contributed by atoms with van der Waals surface area (Å²) in [6.45, 7) is 4.08. The molecule has 2 aromatic rings. The summed E-state index contributed by atoms with van der Waals surface area (Å²) in [5.74, 6) is 1.86. The molecule has 1 amide bonds. The normalized spacial score (nSPS) is 23.8. The van der Waals surface area contributed by atoms with Crippen LogP contribution in [-0.2, 0) is 5.54 Å². The fourth-order valence-electron chi connectivity index (χ4n) is 4.83. The molecule has 1 saturated carbocycles. The van der Waals surface area contributed by atoms with Crippen LogP contribution in [-0.4, -0.2) is 42.2 Å². The van der Waals surface area contributed by atoms with Crippen LogP contribution in [0.4, 0.5) is 5.82 Å². The summed E-state index contributed by atoms with van der Waals surface area (Å²) < 4.78 is 0. The van der Waals surface area contributed by atoms with Gasteiger partial charge in [-0.25, -0.2) is 9.97 Å². The second-order valence-electron chi connectivity index (χ2n) is 9.15. The van der Waals surface area contributed by atoms with Crippen LogP contribution in [0.2, 0.25) is 0 Å². The Morgan fingerprint density at radius 1 is 1.12 bits per heavy atom. The minimum absolute atomic E-state index is 0.0930. The van der Waals surface area contributed by atoms with E-state index in [9.17, 15) is 4.79 Å². The molecule has 7 nitrogen and oxygen atoms in total. The molecule has 0 spiro atoms.